The highest BCUT2D eigenvalue weighted by molar-refractivity contribution is 14.1. The van der Waals surface area contributed by atoms with Crippen LogP contribution in [0.25, 0.3) is 0 Å². The number of halogens is 4. The molecule has 1 aliphatic rings. The fraction of sp³-hybridized carbons (Fsp3) is 0.300. The first-order valence-electron chi connectivity index (χ1n) is 9.47. The van der Waals surface area contributed by atoms with Crippen LogP contribution in [-0.2, 0) is 20.8 Å². The van der Waals surface area contributed by atoms with Gasteiger partial charge in [-0.2, -0.15) is 0 Å². The molecule has 0 aromatic heterocycles. The maximum Gasteiger partial charge on any atom is 0.277 e. The molecule has 1 saturated heterocycles. The van der Waals surface area contributed by atoms with Crippen LogP contribution in [0.4, 0.5) is 24.5 Å². The van der Waals surface area contributed by atoms with Gasteiger partial charge in [-0.05, 0) is 52.4 Å². The van der Waals surface area contributed by atoms with Crippen molar-refractivity contribution in [3.63, 3.8) is 0 Å². The number of hydroxylamine groups is 1. The van der Waals surface area contributed by atoms with Crippen molar-refractivity contribution in [1.29, 1.82) is 0 Å². The summed E-state index contributed by atoms with van der Waals surface area (Å²) < 4.78 is 50.1. The highest BCUT2D eigenvalue weighted by Gasteiger charge is 2.29. The molecular formula is C20H19F3IN3O5. The number of hydrogen-bond acceptors (Lipinski definition) is 6. The van der Waals surface area contributed by atoms with Crippen molar-refractivity contribution < 1.29 is 37.4 Å². The molecule has 1 heterocycles. The standard InChI is InChI=1S/C20H19F3IN3O5/c21-13-9-11(24)1-2-14(13)26-18-12(19(29)27-32-6-4-28)7-10(16(22)17(18)23)8-15-20(30)25-3-5-31-15/h1-2,7,9,15,26,28H,3-6,8H2,(H,25,30)(H,27,29). The molecule has 172 valence electrons. The number of rotatable bonds is 8. The molecule has 1 aliphatic heterocycles. The lowest BCUT2D eigenvalue weighted by atomic mass is 10.0. The first-order valence-corrected chi connectivity index (χ1v) is 10.5. The minimum absolute atomic E-state index is 0.184. The molecule has 1 unspecified atom stereocenters. The maximum absolute atomic E-state index is 15.1. The Morgan fingerprint density at radius 1 is 1.28 bits per heavy atom. The molecule has 0 bridgehead atoms. The second-order valence-corrected chi connectivity index (χ2v) is 7.94. The van der Waals surface area contributed by atoms with Gasteiger partial charge in [-0.3, -0.25) is 14.4 Å². The Labute approximate surface area is 194 Å². The average Bonchev–Trinajstić information content (AvgIpc) is 2.76. The van der Waals surface area contributed by atoms with Crippen molar-refractivity contribution in [3.8, 4) is 0 Å². The van der Waals surface area contributed by atoms with Crippen molar-refractivity contribution in [2.45, 2.75) is 12.5 Å². The number of amides is 2. The van der Waals surface area contributed by atoms with Crippen LogP contribution in [0.3, 0.4) is 0 Å². The summed E-state index contributed by atoms with van der Waals surface area (Å²) in [6.07, 6.45) is -1.39. The third-order valence-corrected chi connectivity index (χ3v) is 5.16. The molecule has 2 aromatic rings. The number of benzene rings is 2. The quantitative estimate of drug-likeness (QED) is 0.222. The minimum atomic E-state index is -1.44. The Morgan fingerprint density at radius 2 is 2.06 bits per heavy atom. The first kappa shape index (κ1) is 24.2. The van der Waals surface area contributed by atoms with Gasteiger partial charge < -0.3 is 20.5 Å². The first-order chi connectivity index (χ1) is 15.3. The van der Waals surface area contributed by atoms with E-state index in [1.54, 1.807) is 0 Å². The zero-order valence-corrected chi connectivity index (χ0v) is 18.7. The number of aliphatic hydroxyl groups excluding tert-OH is 1. The molecule has 32 heavy (non-hydrogen) atoms. The molecule has 12 heteroatoms. The molecule has 1 fully saturated rings. The zero-order chi connectivity index (χ0) is 23.3. The number of morpholine rings is 1. The fourth-order valence-corrected chi connectivity index (χ4v) is 3.44. The number of ether oxygens (including phenoxy) is 1. The minimum Gasteiger partial charge on any atom is -0.394 e. The summed E-state index contributed by atoms with van der Waals surface area (Å²) in [6, 6.07) is 5.06. The molecule has 2 aromatic carbocycles. The SMILES string of the molecule is O=C(NOCCO)c1cc(CC2OCCNC2=O)c(F)c(F)c1Nc1ccc(I)cc1F. The predicted molar refractivity (Wildman–Crippen MR) is 116 cm³/mol. The molecule has 2 amide bonds. The van der Waals surface area contributed by atoms with Gasteiger partial charge in [0.15, 0.2) is 11.6 Å². The van der Waals surface area contributed by atoms with E-state index in [1.807, 2.05) is 28.1 Å². The van der Waals surface area contributed by atoms with Gasteiger partial charge in [-0.25, -0.2) is 18.7 Å². The second kappa shape index (κ2) is 10.9. The van der Waals surface area contributed by atoms with E-state index in [0.29, 0.717) is 10.1 Å². The Balaban J connectivity index is 2.00. The molecule has 3 rings (SSSR count). The lowest BCUT2D eigenvalue weighted by Gasteiger charge is -2.23. The molecule has 8 nitrogen and oxygen atoms in total. The molecule has 0 radical (unpaired) electrons. The van der Waals surface area contributed by atoms with E-state index < -0.39 is 53.2 Å². The van der Waals surface area contributed by atoms with E-state index in [9.17, 15) is 18.4 Å². The van der Waals surface area contributed by atoms with Crippen LogP contribution in [0.2, 0.25) is 0 Å². The average molecular weight is 565 g/mol. The Bertz CT molecular complexity index is 1020. The monoisotopic (exact) mass is 565 g/mol. The van der Waals surface area contributed by atoms with Crippen molar-refractivity contribution in [1.82, 2.24) is 10.8 Å². The summed E-state index contributed by atoms with van der Waals surface area (Å²) in [5.41, 5.74) is 0.515. The van der Waals surface area contributed by atoms with Gasteiger partial charge in [-0.1, -0.05) is 0 Å². The van der Waals surface area contributed by atoms with Gasteiger partial charge in [0.1, 0.15) is 11.9 Å². The topological polar surface area (TPSA) is 109 Å². The normalized spacial score (nSPS) is 15.9. The summed E-state index contributed by atoms with van der Waals surface area (Å²) in [6.45, 7) is -0.135. The van der Waals surface area contributed by atoms with Gasteiger partial charge in [0.05, 0.1) is 36.8 Å². The van der Waals surface area contributed by atoms with Crippen molar-refractivity contribution in [2.75, 3.05) is 31.7 Å². The van der Waals surface area contributed by atoms with E-state index in [0.717, 1.165) is 6.07 Å². The van der Waals surface area contributed by atoms with Crippen LogP contribution in [-0.4, -0.2) is 49.4 Å². The van der Waals surface area contributed by atoms with Crippen molar-refractivity contribution in [3.05, 3.63) is 56.4 Å². The van der Waals surface area contributed by atoms with Gasteiger partial charge in [0.2, 0.25) is 5.91 Å². The van der Waals surface area contributed by atoms with Gasteiger partial charge in [-0.15, -0.1) is 0 Å². The Kier molecular flexibility index (Phi) is 8.28. The van der Waals surface area contributed by atoms with Crippen LogP contribution in [0.15, 0.2) is 24.3 Å². The summed E-state index contributed by atoms with van der Waals surface area (Å²) in [4.78, 5) is 29.3. The van der Waals surface area contributed by atoms with Crippen molar-refractivity contribution in [2.24, 2.45) is 0 Å². The van der Waals surface area contributed by atoms with Crippen molar-refractivity contribution >= 4 is 45.8 Å². The van der Waals surface area contributed by atoms with Crippen LogP contribution in [0.1, 0.15) is 15.9 Å². The summed E-state index contributed by atoms with van der Waals surface area (Å²) in [7, 11) is 0. The number of carbonyl (C=O) groups excluding carboxylic acids is 2. The van der Waals surface area contributed by atoms with Crippen LogP contribution in [0, 0.1) is 21.0 Å². The Morgan fingerprint density at radius 3 is 2.75 bits per heavy atom. The van der Waals surface area contributed by atoms with Gasteiger partial charge in [0.25, 0.3) is 5.91 Å². The highest BCUT2D eigenvalue weighted by atomic mass is 127. The second-order valence-electron chi connectivity index (χ2n) is 6.69. The lowest BCUT2D eigenvalue weighted by molar-refractivity contribution is -0.137. The number of carbonyl (C=O) groups is 2. The number of nitrogens with one attached hydrogen (secondary N) is 3. The molecule has 0 aliphatic carbocycles. The third-order valence-electron chi connectivity index (χ3n) is 4.49. The fourth-order valence-electron chi connectivity index (χ4n) is 2.99. The summed E-state index contributed by atoms with van der Waals surface area (Å²) >= 11 is 1.89. The third kappa shape index (κ3) is 5.68. The predicted octanol–water partition coefficient (Wildman–Crippen LogP) is 2.16. The van der Waals surface area contributed by atoms with Gasteiger partial charge in [0, 0.05) is 16.5 Å². The summed E-state index contributed by atoms with van der Waals surface area (Å²) in [5.74, 6) is -4.95. The van der Waals surface area contributed by atoms with Crippen LogP contribution < -0.4 is 16.1 Å². The van der Waals surface area contributed by atoms with E-state index in [1.165, 1.54) is 18.2 Å². The molecule has 0 saturated carbocycles. The molecule has 0 spiro atoms. The maximum atomic E-state index is 15.1. The van der Waals surface area contributed by atoms with E-state index in [4.69, 9.17) is 14.7 Å². The molecular weight excluding hydrogens is 546 g/mol. The Hall–Kier alpha value is -2.42. The summed E-state index contributed by atoms with van der Waals surface area (Å²) in [5, 5.41) is 13.8. The van der Waals surface area contributed by atoms with Crippen LogP contribution >= 0.6 is 22.6 Å². The largest absolute Gasteiger partial charge is 0.394 e. The van der Waals surface area contributed by atoms with Gasteiger partial charge >= 0.3 is 0 Å². The molecule has 4 N–H and O–H groups in total. The smallest absolute Gasteiger partial charge is 0.277 e. The number of aliphatic hydroxyl groups is 1. The number of anilines is 2. The van der Waals surface area contributed by atoms with Crippen LogP contribution in [0.5, 0.6) is 0 Å². The van der Waals surface area contributed by atoms with E-state index in [2.05, 4.69) is 10.6 Å². The zero-order valence-electron chi connectivity index (χ0n) is 16.5. The van der Waals surface area contributed by atoms with E-state index >= 15 is 4.39 Å². The molecule has 1 atom stereocenters. The lowest BCUT2D eigenvalue weighted by Crippen LogP contribution is -2.45. The highest BCUT2D eigenvalue weighted by Crippen LogP contribution is 2.31. The van der Waals surface area contributed by atoms with E-state index in [-0.39, 0.29) is 30.9 Å². The number of hydrogen-bond donors (Lipinski definition) is 4.